The molecule has 10 nitrogen and oxygen atoms in total. The van der Waals surface area contributed by atoms with Gasteiger partial charge in [-0.05, 0) is 48.1 Å². The molecule has 0 aromatic heterocycles. The van der Waals surface area contributed by atoms with E-state index in [4.69, 9.17) is 14.2 Å². The Kier molecular flexibility index (Phi) is 9.11. The van der Waals surface area contributed by atoms with Gasteiger partial charge >= 0.3 is 12.0 Å². The normalized spacial score (nSPS) is 15.5. The highest BCUT2D eigenvalue weighted by Crippen LogP contribution is 2.34. The number of carbonyl (C=O) groups is 3. The van der Waals surface area contributed by atoms with Crippen molar-refractivity contribution in [1.29, 1.82) is 0 Å². The maximum Gasteiger partial charge on any atom is 0.338 e. The SMILES string of the molecule is CCOC(=O)C1=C(C)NC(=O)N[C@@H]1c1ccc(OCC(=O)N/N=C\c2ccc(C(C)(C)C)cc2)c(OC)c1. The van der Waals surface area contributed by atoms with Gasteiger partial charge in [0.2, 0.25) is 0 Å². The number of allylic oxidation sites excluding steroid dienone is 1. The molecule has 1 heterocycles. The molecule has 3 rings (SSSR count). The number of amides is 3. The van der Waals surface area contributed by atoms with Gasteiger partial charge in [0.1, 0.15) is 0 Å². The second-order valence-electron chi connectivity index (χ2n) is 9.65. The van der Waals surface area contributed by atoms with E-state index in [-0.39, 0.29) is 24.2 Å². The quantitative estimate of drug-likeness (QED) is 0.262. The van der Waals surface area contributed by atoms with Crippen molar-refractivity contribution in [2.75, 3.05) is 20.3 Å². The standard InChI is InChI=1S/C28H34N4O6/c1-7-37-26(34)24-17(2)30-27(35)31-25(24)19-10-13-21(22(14-19)36-6)38-16-23(33)32-29-15-18-8-11-20(12-9-18)28(3,4)5/h8-15,25H,7,16H2,1-6H3,(H,32,33)(H2,30,31,35)/b29-15-/t25-/m1/s1. The third-order valence-corrected chi connectivity index (χ3v) is 5.82. The zero-order chi connectivity index (χ0) is 27.9. The van der Waals surface area contributed by atoms with Crippen molar-refractivity contribution in [1.82, 2.24) is 16.1 Å². The fraction of sp³-hybridized carbons (Fsp3) is 0.357. The van der Waals surface area contributed by atoms with Crippen LogP contribution in [0.5, 0.6) is 11.5 Å². The summed E-state index contributed by atoms with van der Waals surface area (Å²) < 4.78 is 16.2. The van der Waals surface area contributed by atoms with Gasteiger partial charge in [-0.15, -0.1) is 0 Å². The molecule has 0 fully saturated rings. The Balaban J connectivity index is 1.65. The summed E-state index contributed by atoms with van der Waals surface area (Å²) in [5.41, 5.74) is 5.82. The number of urea groups is 1. The van der Waals surface area contributed by atoms with E-state index >= 15 is 0 Å². The van der Waals surface area contributed by atoms with Crippen molar-refractivity contribution in [2.24, 2.45) is 5.10 Å². The van der Waals surface area contributed by atoms with E-state index in [1.165, 1.54) is 12.7 Å². The van der Waals surface area contributed by atoms with E-state index in [0.717, 1.165) is 5.56 Å². The van der Waals surface area contributed by atoms with Gasteiger partial charge in [-0.2, -0.15) is 5.10 Å². The van der Waals surface area contributed by atoms with Gasteiger partial charge < -0.3 is 24.8 Å². The number of hydrogen-bond donors (Lipinski definition) is 3. The monoisotopic (exact) mass is 522 g/mol. The number of methoxy groups -OCH3 is 1. The van der Waals surface area contributed by atoms with Crippen LogP contribution in [0.15, 0.2) is 58.8 Å². The summed E-state index contributed by atoms with van der Waals surface area (Å²) in [7, 11) is 1.45. The van der Waals surface area contributed by atoms with Crippen LogP contribution >= 0.6 is 0 Å². The Labute approximate surface area is 222 Å². The molecule has 1 aliphatic heterocycles. The van der Waals surface area contributed by atoms with E-state index in [0.29, 0.717) is 22.8 Å². The molecule has 1 aliphatic rings. The average molecular weight is 523 g/mol. The topological polar surface area (TPSA) is 127 Å². The maximum atomic E-state index is 12.5. The van der Waals surface area contributed by atoms with Crippen LogP contribution in [0.3, 0.4) is 0 Å². The minimum atomic E-state index is -0.749. The van der Waals surface area contributed by atoms with E-state index in [9.17, 15) is 14.4 Å². The van der Waals surface area contributed by atoms with E-state index in [1.807, 2.05) is 24.3 Å². The number of carbonyl (C=O) groups excluding carboxylic acids is 3. The van der Waals surface area contributed by atoms with Gasteiger partial charge in [-0.3, -0.25) is 4.79 Å². The number of ether oxygens (including phenoxy) is 3. The summed E-state index contributed by atoms with van der Waals surface area (Å²) in [6, 6.07) is 11.7. The number of esters is 1. The van der Waals surface area contributed by atoms with E-state index < -0.39 is 23.9 Å². The molecular formula is C28H34N4O6. The predicted molar refractivity (Wildman–Crippen MR) is 143 cm³/mol. The molecule has 0 saturated carbocycles. The first-order valence-corrected chi connectivity index (χ1v) is 12.2. The number of nitrogens with one attached hydrogen (secondary N) is 3. The van der Waals surface area contributed by atoms with Gasteiger partial charge in [0.15, 0.2) is 18.1 Å². The molecule has 2 aromatic carbocycles. The summed E-state index contributed by atoms with van der Waals surface area (Å²) >= 11 is 0. The molecule has 202 valence electrons. The first-order chi connectivity index (χ1) is 18.0. The molecule has 3 amide bonds. The van der Waals surface area contributed by atoms with Crippen molar-refractivity contribution in [3.05, 3.63) is 70.4 Å². The van der Waals surface area contributed by atoms with Gasteiger partial charge in [0, 0.05) is 5.70 Å². The summed E-state index contributed by atoms with van der Waals surface area (Å²) in [5, 5.41) is 9.32. The minimum absolute atomic E-state index is 0.0564. The number of hydrazone groups is 1. The molecule has 2 aromatic rings. The van der Waals surface area contributed by atoms with Crippen molar-refractivity contribution >= 4 is 24.1 Å². The van der Waals surface area contributed by atoms with Crippen LogP contribution in [0.4, 0.5) is 4.79 Å². The van der Waals surface area contributed by atoms with Crippen LogP contribution in [0, 0.1) is 0 Å². The van der Waals surface area contributed by atoms with Crippen molar-refractivity contribution in [2.45, 2.75) is 46.1 Å². The summed E-state index contributed by atoms with van der Waals surface area (Å²) in [6.45, 7) is 9.66. The second-order valence-corrected chi connectivity index (χ2v) is 9.65. The fourth-order valence-electron chi connectivity index (χ4n) is 3.83. The Bertz CT molecular complexity index is 1240. The highest BCUT2D eigenvalue weighted by atomic mass is 16.5. The van der Waals surface area contributed by atoms with Crippen LogP contribution < -0.4 is 25.5 Å². The Morgan fingerprint density at radius 3 is 2.45 bits per heavy atom. The lowest BCUT2D eigenvalue weighted by atomic mass is 9.87. The number of benzene rings is 2. The highest BCUT2D eigenvalue weighted by Gasteiger charge is 2.32. The third-order valence-electron chi connectivity index (χ3n) is 5.82. The molecule has 0 bridgehead atoms. The molecule has 0 aliphatic carbocycles. The first kappa shape index (κ1) is 28.2. The smallest absolute Gasteiger partial charge is 0.338 e. The minimum Gasteiger partial charge on any atom is -0.493 e. The van der Waals surface area contributed by atoms with E-state index in [2.05, 4.69) is 41.9 Å². The molecule has 0 unspecified atom stereocenters. The maximum absolute atomic E-state index is 12.5. The van der Waals surface area contributed by atoms with Crippen LogP contribution in [-0.2, 0) is 19.7 Å². The third kappa shape index (κ3) is 7.12. The number of nitrogens with zero attached hydrogens (tertiary/aromatic N) is 1. The Hall–Kier alpha value is -4.34. The lowest BCUT2D eigenvalue weighted by molar-refractivity contribution is -0.139. The zero-order valence-corrected chi connectivity index (χ0v) is 22.5. The second kappa shape index (κ2) is 12.3. The zero-order valence-electron chi connectivity index (χ0n) is 22.5. The van der Waals surface area contributed by atoms with Gasteiger partial charge in [0.25, 0.3) is 5.91 Å². The van der Waals surface area contributed by atoms with Crippen molar-refractivity contribution < 1.29 is 28.6 Å². The van der Waals surface area contributed by atoms with Gasteiger partial charge in [-0.25, -0.2) is 15.0 Å². The lowest BCUT2D eigenvalue weighted by Gasteiger charge is -2.28. The van der Waals surface area contributed by atoms with Crippen molar-refractivity contribution in [3.8, 4) is 11.5 Å². The Morgan fingerprint density at radius 1 is 1.11 bits per heavy atom. The molecule has 3 N–H and O–H groups in total. The van der Waals surface area contributed by atoms with Crippen LogP contribution in [-0.4, -0.2) is 44.4 Å². The van der Waals surface area contributed by atoms with Crippen LogP contribution in [0.1, 0.15) is 57.4 Å². The summed E-state index contributed by atoms with van der Waals surface area (Å²) in [6.07, 6.45) is 1.56. The fourth-order valence-corrected chi connectivity index (χ4v) is 3.83. The van der Waals surface area contributed by atoms with Crippen LogP contribution in [0.2, 0.25) is 0 Å². The summed E-state index contributed by atoms with van der Waals surface area (Å²) in [5.74, 6) is -0.352. The molecule has 0 saturated heterocycles. The molecule has 0 radical (unpaired) electrons. The average Bonchev–Trinajstić information content (AvgIpc) is 2.86. The molecule has 10 heteroatoms. The van der Waals surface area contributed by atoms with Crippen LogP contribution in [0.25, 0.3) is 0 Å². The molecular weight excluding hydrogens is 488 g/mol. The first-order valence-electron chi connectivity index (χ1n) is 12.2. The number of hydrogen-bond acceptors (Lipinski definition) is 7. The lowest BCUT2D eigenvalue weighted by Crippen LogP contribution is -2.45. The summed E-state index contributed by atoms with van der Waals surface area (Å²) in [4.78, 5) is 36.9. The molecule has 38 heavy (non-hydrogen) atoms. The number of rotatable bonds is 9. The van der Waals surface area contributed by atoms with Crippen molar-refractivity contribution in [3.63, 3.8) is 0 Å². The van der Waals surface area contributed by atoms with E-state index in [1.54, 1.807) is 38.3 Å². The Morgan fingerprint density at radius 2 is 1.82 bits per heavy atom. The largest absolute Gasteiger partial charge is 0.493 e. The van der Waals surface area contributed by atoms with Gasteiger partial charge in [0.05, 0.1) is 31.5 Å². The van der Waals surface area contributed by atoms with Gasteiger partial charge in [-0.1, -0.05) is 51.1 Å². The highest BCUT2D eigenvalue weighted by molar-refractivity contribution is 5.95. The molecule has 0 spiro atoms. The predicted octanol–water partition coefficient (Wildman–Crippen LogP) is 3.71. The molecule has 1 atom stereocenters.